The number of rotatable bonds is 7. The molecular weight excluding hydrogens is 426 g/mol. The van der Waals surface area contributed by atoms with Crippen LogP contribution in [0.5, 0.6) is 5.75 Å². The summed E-state index contributed by atoms with van der Waals surface area (Å²) in [6.45, 7) is 3.12. The lowest BCUT2D eigenvalue weighted by Crippen LogP contribution is -2.42. The molecule has 0 spiro atoms. The van der Waals surface area contributed by atoms with Gasteiger partial charge in [-0.15, -0.1) is 0 Å². The van der Waals surface area contributed by atoms with Gasteiger partial charge in [-0.2, -0.15) is 15.0 Å². The molecule has 2 aromatic rings. The molecule has 1 aromatic carbocycles. The van der Waals surface area contributed by atoms with Gasteiger partial charge in [0.05, 0.1) is 12.1 Å². The molecule has 4 rings (SSSR count). The number of nitrogens with two attached hydrogens (primary N) is 1. The maximum Gasteiger partial charge on any atom is 0.233 e. The highest BCUT2D eigenvalue weighted by molar-refractivity contribution is 6.32. The molecule has 1 saturated heterocycles. The first-order chi connectivity index (χ1) is 15.6. The number of nitrogens with one attached hydrogen (secondary N) is 2. The predicted octanol–water partition coefficient (Wildman–Crippen LogP) is 4.39. The Morgan fingerprint density at radius 3 is 2.53 bits per heavy atom. The van der Waals surface area contributed by atoms with Crippen LogP contribution in [0.25, 0.3) is 0 Å². The number of halogens is 1. The minimum absolute atomic E-state index is 0.223. The van der Waals surface area contributed by atoms with Crippen molar-refractivity contribution in [2.24, 2.45) is 5.92 Å². The minimum atomic E-state index is 0.223. The van der Waals surface area contributed by atoms with Gasteiger partial charge in [0, 0.05) is 18.3 Å². The van der Waals surface area contributed by atoms with Crippen molar-refractivity contribution in [1.82, 2.24) is 20.3 Å². The third kappa shape index (κ3) is 5.92. The molecule has 174 valence electrons. The number of aromatic nitrogens is 3. The lowest BCUT2D eigenvalue weighted by Gasteiger charge is -2.35. The Balaban J connectivity index is 1.59. The number of nitrogen functional groups attached to an aromatic ring is 1. The van der Waals surface area contributed by atoms with Gasteiger partial charge in [0.2, 0.25) is 17.8 Å². The van der Waals surface area contributed by atoms with Crippen LogP contribution in [0.2, 0.25) is 5.02 Å². The van der Waals surface area contributed by atoms with E-state index < -0.39 is 0 Å². The van der Waals surface area contributed by atoms with E-state index in [4.69, 9.17) is 27.1 Å². The fourth-order valence-electron chi connectivity index (χ4n) is 4.74. The molecule has 2 aliphatic rings. The van der Waals surface area contributed by atoms with E-state index in [1.54, 1.807) is 13.2 Å². The Hall–Kier alpha value is -2.32. The minimum Gasteiger partial charge on any atom is -0.495 e. The highest BCUT2D eigenvalue weighted by Crippen LogP contribution is 2.30. The Bertz CT molecular complexity index is 883. The standard InChI is InChI=1S/C23H34ClN7O/c1-32-20-9-8-17(14-19(20)24)27-22-28-21(25)29-23(30-22)31(15-16-10-12-26-13-11-16)18-6-4-2-3-5-7-18/h8-9,14,16,18,26H,2-7,10-13,15H2,1H3,(H3,25,27,28,29,30). The van der Waals surface area contributed by atoms with E-state index in [1.165, 1.54) is 51.4 Å². The van der Waals surface area contributed by atoms with E-state index in [0.717, 1.165) is 25.3 Å². The molecule has 1 saturated carbocycles. The molecule has 2 heterocycles. The Kier molecular flexibility index (Phi) is 7.86. The van der Waals surface area contributed by atoms with Crippen LogP contribution in [-0.2, 0) is 0 Å². The molecule has 32 heavy (non-hydrogen) atoms. The summed E-state index contributed by atoms with van der Waals surface area (Å²) in [6, 6.07) is 5.92. The monoisotopic (exact) mass is 459 g/mol. The fourth-order valence-corrected chi connectivity index (χ4v) is 5.00. The molecule has 0 atom stereocenters. The van der Waals surface area contributed by atoms with Crippen LogP contribution >= 0.6 is 11.6 Å². The first kappa shape index (κ1) is 22.9. The highest BCUT2D eigenvalue weighted by atomic mass is 35.5. The van der Waals surface area contributed by atoms with Gasteiger partial charge in [-0.25, -0.2) is 0 Å². The van der Waals surface area contributed by atoms with Crippen LogP contribution < -0.4 is 26.0 Å². The molecule has 2 fully saturated rings. The lowest BCUT2D eigenvalue weighted by atomic mass is 9.96. The maximum absolute atomic E-state index is 6.28. The van der Waals surface area contributed by atoms with Gasteiger partial charge in [0.1, 0.15) is 5.75 Å². The summed E-state index contributed by atoms with van der Waals surface area (Å²) in [5, 5.41) is 7.22. The molecule has 9 heteroatoms. The third-order valence-electron chi connectivity index (χ3n) is 6.48. The largest absolute Gasteiger partial charge is 0.495 e. The summed E-state index contributed by atoms with van der Waals surface area (Å²) in [6.07, 6.45) is 9.83. The number of methoxy groups -OCH3 is 1. The van der Waals surface area contributed by atoms with E-state index in [2.05, 4.69) is 25.5 Å². The van der Waals surface area contributed by atoms with Crippen molar-refractivity contribution in [2.45, 2.75) is 57.4 Å². The maximum atomic E-state index is 6.28. The average Bonchev–Trinajstić information content (AvgIpc) is 3.07. The van der Waals surface area contributed by atoms with Crippen molar-refractivity contribution in [1.29, 1.82) is 0 Å². The van der Waals surface area contributed by atoms with Crippen molar-refractivity contribution in [2.75, 3.05) is 42.7 Å². The molecule has 0 unspecified atom stereocenters. The zero-order valence-corrected chi connectivity index (χ0v) is 19.6. The van der Waals surface area contributed by atoms with Crippen molar-refractivity contribution >= 4 is 35.1 Å². The quantitative estimate of drug-likeness (QED) is 0.524. The van der Waals surface area contributed by atoms with Gasteiger partial charge in [-0.3, -0.25) is 0 Å². The molecular formula is C23H34ClN7O. The zero-order valence-electron chi connectivity index (χ0n) is 18.8. The number of hydrogen-bond acceptors (Lipinski definition) is 8. The second-order valence-corrected chi connectivity index (χ2v) is 9.19. The van der Waals surface area contributed by atoms with Crippen LogP contribution in [0.1, 0.15) is 51.4 Å². The van der Waals surface area contributed by atoms with Gasteiger partial charge < -0.3 is 26.0 Å². The molecule has 1 aliphatic carbocycles. The van der Waals surface area contributed by atoms with Crippen LogP contribution in [0.15, 0.2) is 18.2 Å². The van der Waals surface area contributed by atoms with E-state index in [-0.39, 0.29) is 5.95 Å². The van der Waals surface area contributed by atoms with Gasteiger partial charge in [0.15, 0.2) is 0 Å². The van der Waals surface area contributed by atoms with Crippen LogP contribution in [0.4, 0.5) is 23.5 Å². The number of anilines is 4. The Labute approximate surface area is 195 Å². The van der Waals surface area contributed by atoms with Crippen molar-refractivity contribution in [3.63, 3.8) is 0 Å². The second-order valence-electron chi connectivity index (χ2n) is 8.78. The normalized spacial score (nSPS) is 18.2. The summed E-state index contributed by atoms with van der Waals surface area (Å²) < 4.78 is 5.24. The Morgan fingerprint density at radius 2 is 1.84 bits per heavy atom. The van der Waals surface area contributed by atoms with E-state index >= 15 is 0 Å². The Morgan fingerprint density at radius 1 is 1.09 bits per heavy atom. The van der Waals surface area contributed by atoms with Gasteiger partial charge in [-0.1, -0.05) is 37.3 Å². The summed E-state index contributed by atoms with van der Waals surface area (Å²) >= 11 is 6.28. The van der Waals surface area contributed by atoms with Gasteiger partial charge in [0.25, 0.3) is 0 Å². The molecule has 0 radical (unpaired) electrons. The lowest BCUT2D eigenvalue weighted by molar-refractivity contribution is 0.355. The van der Waals surface area contributed by atoms with Crippen molar-refractivity contribution in [3.05, 3.63) is 23.2 Å². The van der Waals surface area contributed by atoms with E-state index in [1.807, 2.05) is 12.1 Å². The zero-order chi connectivity index (χ0) is 22.3. The van der Waals surface area contributed by atoms with Crippen LogP contribution in [0.3, 0.4) is 0 Å². The topological polar surface area (TPSA) is 101 Å². The number of nitrogens with zero attached hydrogens (tertiary/aromatic N) is 4. The molecule has 1 aliphatic heterocycles. The SMILES string of the molecule is COc1ccc(Nc2nc(N)nc(N(CC3CCNCC3)C3CCCCCC3)n2)cc1Cl. The number of piperidine rings is 1. The smallest absolute Gasteiger partial charge is 0.233 e. The summed E-state index contributed by atoms with van der Waals surface area (Å²) in [4.78, 5) is 16.1. The average molecular weight is 460 g/mol. The van der Waals surface area contributed by atoms with E-state index in [9.17, 15) is 0 Å². The third-order valence-corrected chi connectivity index (χ3v) is 6.78. The molecule has 0 bridgehead atoms. The van der Waals surface area contributed by atoms with Crippen LogP contribution in [-0.4, -0.2) is 47.7 Å². The summed E-state index contributed by atoms with van der Waals surface area (Å²) in [5.41, 5.74) is 6.91. The van der Waals surface area contributed by atoms with Crippen LogP contribution in [0, 0.1) is 5.92 Å². The number of ether oxygens (including phenoxy) is 1. The van der Waals surface area contributed by atoms with Gasteiger partial charge in [-0.05, 0) is 62.9 Å². The molecule has 0 amide bonds. The first-order valence-corrected chi connectivity index (χ1v) is 12.1. The predicted molar refractivity (Wildman–Crippen MR) is 130 cm³/mol. The summed E-state index contributed by atoms with van der Waals surface area (Å²) in [7, 11) is 1.59. The fraction of sp³-hybridized carbons (Fsp3) is 0.609. The molecule has 1 aromatic heterocycles. The second kappa shape index (κ2) is 11.0. The highest BCUT2D eigenvalue weighted by Gasteiger charge is 2.27. The molecule has 8 nitrogen and oxygen atoms in total. The summed E-state index contributed by atoms with van der Waals surface area (Å²) in [5.74, 6) is 2.58. The first-order valence-electron chi connectivity index (χ1n) is 11.7. The molecule has 4 N–H and O–H groups in total. The van der Waals surface area contributed by atoms with Crippen molar-refractivity contribution < 1.29 is 4.74 Å². The van der Waals surface area contributed by atoms with Crippen molar-refractivity contribution in [3.8, 4) is 5.75 Å². The van der Waals surface area contributed by atoms with E-state index in [0.29, 0.717) is 34.6 Å². The van der Waals surface area contributed by atoms with Gasteiger partial charge >= 0.3 is 0 Å². The number of hydrogen-bond donors (Lipinski definition) is 3. The number of benzene rings is 1.